The molecule has 0 aliphatic heterocycles. The Kier molecular flexibility index (Phi) is 3.03. The molecular formula is C20H23FN2O. The molecule has 0 spiro atoms. The van der Waals surface area contributed by atoms with Gasteiger partial charge in [0.2, 0.25) is 0 Å². The van der Waals surface area contributed by atoms with Gasteiger partial charge in [-0.2, -0.15) is 0 Å². The fourth-order valence-electron chi connectivity index (χ4n) is 5.05. The Morgan fingerprint density at radius 1 is 1.33 bits per heavy atom. The van der Waals surface area contributed by atoms with Crippen molar-refractivity contribution in [3.05, 3.63) is 64.3 Å². The van der Waals surface area contributed by atoms with Crippen LogP contribution in [0.15, 0.2) is 41.7 Å². The molecule has 24 heavy (non-hydrogen) atoms. The van der Waals surface area contributed by atoms with Crippen LogP contribution >= 0.6 is 0 Å². The van der Waals surface area contributed by atoms with Gasteiger partial charge >= 0.3 is 0 Å². The second kappa shape index (κ2) is 4.71. The summed E-state index contributed by atoms with van der Waals surface area (Å²) in [6.45, 7) is 11.1. The number of aromatic nitrogens is 2. The fraction of sp³-hybridized carbons (Fsp3) is 0.450. The lowest BCUT2D eigenvalue weighted by Gasteiger charge is -2.36. The van der Waals surface area contributed by atoms with Crippen LogP contribution in [0, 0.1) is 11.2 Å². The van der Waals surface area contributed by atoms with Crippen molar-refractivity contribution < 1.29 is 4.39 Å². The van der Waals surface area contributed by atoms with Crippen LogP contribution in [-0.4, -0.2) is 9.36 Å². The van der Waals surface area contributed by atoms with E-state index < -0.39 is 0 Å². The number of fused-ring (bicyclic) bond motifs is 5. The lowest BCUT2D eigenvalue weighted by Crippen LogP contribution is -2.36. The van der Waals surface area contributed by atoms with Crippen molar-refractivity contribution in [2.75, 3.05) is 0 Å². The van der Waals surface area contributed by atoms with Crippen LogP contribution in [0.5, 0.6) is 0 Å². The summed E-state index contributed by atoms with van der Waals surface area (Å²) in [4.78, 5) is 13.3. The molecule has 0 saturated heterocycles. The largest absolute Gasteiger partial charge is 0.277 e. The van der Waals surface area contributed by atoms with E-state index in [1.165, 1.54) is 10.7 Å². The van der Waals surface area contributed by atoms with Crippen molar-refractivity contribution in [2.24, 2.45) is 5.41 Å². The molecular weight excluding hydrogens is 303 g/mol. The average molecular weight is 326 g/mol. The molecule has 1 fully saturated rings. The van der Waals surface area contributed by atoms with E-state index in [-0.39, 0.29) is 28.1 Å². The number of hydrogen-bond acceptors (Lipinski definition) is 1. The summed E-state index contributed by atoms with van der Waals surface area (Å²) in [6, 6.07) is 6.48. The molecule has 3 nitrogen and oxygen atoms in total. The van der Waals surface area contributed by atoms with Crippen LogP contribution < -0.4 is 5.56 Å². The quantitative estimate of drug-likeness (QED) is 0.779. The first kappa shape index (κ1) is 15.4. The topological polar surface area (TPSA) is 26.9 Å². The fourth-order valence-corrected chi connectivity index (χ4v) is 5.05. The molecule has 2 aromatic rings. The number of nitrogens with zero attached hydrogens (tertiary/aromatic N) is 2. The minimum Gasteiger partial charge on any atom is -0.277 e. The van der Waals surface area contributed by atoms with Gasteiger partial charge in [0.1, 0.15) is 11.5 Å². The minimum absolute atomic E-state index is 0.0497. The van der Waals surface area contributed by atoms with E-state index in [1.54, 1.807) is 24.3 Å². The van der Waals surface area contributed by atoms with Crippen LogP contribution in [0.1, 0.15) is 50.8 Å². The van der Waals surface area contributed by atoms with E-state index in [9.17, 15) is 9.18 Å². The van der Waals surface area contributed by atoms with E-state index in [4.69, 9.17) is 0 Å². The molecule has 2 aliphatic carbocycles. The van der Waals surface area contributed by atoms with Crippen molar-refractivity contribution in [1.82, 2.24) is 9.36 Å². The van der Waals surface area contributed by atoms with E-state index in [2.05, 4.69) is 27.4 Å². The predicted octanol–water partition coefficient (Wildman–Crippen LogP) is 4.14. The van der Waals surface area contributed by atoms with E-state index in [0.717, 1.165) is 24.1 Å². The van der Waals surface area contributed by atoms with Gasteiger partial charge in [0.25, 0.3) is 5.56 Å². The summed E-state index contributed by atoms with van der Waals surface area (Å²) < 4.78 is 17.9. The van der Waals surface area contributed by atoms with Crippen molar-refractivity contribution in [2.45, 2.75) is 51.5 Å². The molecule has 0 radical (unpaired) electrons. The van der Waals surface area contributed by atoms with Gasteiger partial charge in [0.15, 0.2) is 0 Å². The first-order valence-electron chi connectivity index (χ1n) is 8.56. The van der Waals surface area contributed by atoms with Gasteiger partial charge in [-0.05, 0) is 36.3 Å². The molecule has 2 aliphatic rings. The molecule has 4 rings (SSSR count). The number of rotatable bonds is 3. The third-order valence-electron chi connectivity index (χ3n) is 6.66. The highest BCUT2D eigenvalue weighted by Gasteiger charge is 2.62. The van der Waals surface area contributed by atoms with Crippen molar-refractivity contribution in [1.29, 1.82) is 0 Å². The molecule has 1 aromatic carbocycles. The summed E-state index contributed by atoms with van der Waals surface area (Å²) in [5.41, 5.74) is 2.20. The summed E-state index contributed by atoms with van der Waals surface area (Å²) in [6.07, 6.45) is 3.87. The number of halogens is 1. The van der Waals surface area contributed by atoms with E-state index in [1.807, 2.05) is 4.68 Å². The summed E-state index contributed by atoms with van der Waals surface area (Å²) in [5.74, 6) is -0.132. The van der Waals surface area contributed by atoms with E-state index in [0.29, 0.717) is 12.2 Å². The Hall–Kier alpha value is -2.10. The van der Waals surface area contributed by atoms with Gasteiger partial charge in [0, 0.05) is 11.0 Å². The Bertz CT molecular complexity index is 905. The highest BCUT2D eigenvalue weighted by atomic mass is 19.1. The van der Waals surface area contributed by atoms with Crippen molar-refractivity contribution in [3.8, 4) is 5.69 Å². The van der Waals surface area contributed by atoms with Crippen LogP contribution in [0.25, 0.3) is 5.69 Å². The molecule has 1 heterocycles. The van der Waals surface area contributed by atoms with Crippen LogP contribution in [0.4, 0.5) is 4.39 Å². The zero-order chi connectivity index (χ0) is 17.3. The number of benzene rings is 1. The first-order valence-corrected chi connectivity index (χ1v) is 8.56. The summed E-state index contributed by atoms with van der Waals surface area (Å²) in [7, 11) is 0. The predicted molar refractivity (Wildman–Crippen MR) is 93.3 cm³/mol. The van der Waals surface area contributed by atoms with Gasteiger partial charge in [-0.1, -0.05) is 39.0 Å². The minimum atomic E-state index is -0.377. The Morgan fingerprint density at radius 3 is 2.71 bits per heavy atom. The number of hydrogen-bond donors (Lipinski definition) is 0. The van der Waals surface area contributed by atoms with Crippen LogP contribution in [0.3, 0.4) is 0 Å². The molecule has 0 N–H and O–H groups in total. The summed E-state index contributed by atoms with van der Waals surface area (Å²) in [5, 5.41) is 0. The second-order valence-electron chi connectivity index (χ2n) is 7.85. The number of allylic oxidation sites excluding steroid dienone is 1. The maximum Gasteiger partial charge on any atom is 0.275 e. The van der Waals surface area contributed by atoms with E-state index >= 15 is 0 Å². The maximum absolute atomic E-state index is 14.4. The van der Waals surface area contributed by atoms with Gasteiger partial charge in [-0.15, -0.1) is 6.58 Å². The molecule has 1 aromatic heterocycles. The standard InChI is InChI=1S/C20H23FN2O/c1-5-12-22-17-16(13-10-11-20(17,4)19(13,2)3)18(24)23(22)15-9-7-6-8-14(15)21/h5-9,13H,1,10-12H2,2-4H3/t13-,20+/m1/s1. The van der Waals surface area contributed by atoms with Crippen LogP contribution in [-0.2, 0) is 12.0 Å². The maximum atomic E-state index is 14.4. The average Bonchev–Trinajstić information content (AvgIpc) is 3.01. The molecule has 4 heteroatoms. The molecule has 1 saturated carbocycles. The molecule has 126 valence electrons. The molecule has 0 amide bonds. The lowest BCUT2D eigenvalue weighted by molar-refractivity contribution is 0.216. The zero-order valence-electron chi connectivity index (χ0n) is 14.5. The van der Waals surface area contributed by atoms with Gasteiger partial charge in [-0.25, -0.2) is 9.07 Å². The van der Waals surface area contributed by atoms with Gasteiger partial charge in [-0.3, -0.25) is 9.48 Å². The molecule has 2 atom stereocenters. The zero-order valence-corrected chi connectivity index (χ0v) is 14.5. The van der Waals surface area contributed by atoms with Crippen molar-refractivity contribution >= 4 is 0 Å². The van der Waals surface area contributed by atoms with Gasteiger partial charge in [0.05, 0.1) is 12.2 Å². The third kappa shape index (κ3) is 1.59. The highest BCUT2D eigenvalue weighted by molar-refractivity contribution is 5.47. The normalized spacial score (nSPS) is 26.6. The second-order valence-corrected chi connectivity index (χ2v) is 7.85. The Morgan fingerprint density at radius 2 is 2.04 bits per heavy atom. The first-order chi connectivity index (χ1) is 11.3. The summed E-state index contributed by atoms with van der Waals surface area (Å²) >= 11 is 0. The van der Waals surface area contributed by atoms with Gasteiger partial charge < -0.3 is 0 Å². The van der Waals surface area contributed by atoms with Crippen LogP contribution in [0.2, 0.25) is 0 Å². The monoisotopic (exact) mass is 326 g/mol. The number of para-hydroxylation sites is 1. The van der Waals surface area contributed by atoms with Crippen molar-refractivity contribution in [3.63, 3.8) is 0 Å². The smallest absolute Gasteiger partial charge is 0.275 e. The highest BCUT2D eigenvalue weighted by Crippen LogP contribution is 2.67. The SMILES string of the molecule is C=CCn1c2c(c(=O)n1-c1ccccc1F)[C@H]1CC[C@]2(C)C1(C)C. The molecule has 2 bridgehead atoms. The lowest BCUT2D eigenvalue weighted by atomic mass is 9.70. The Labute approximate surface area is 141 Å². The molecule has 0 unspecified atom stereocenters. The Balaban J connectivity index is 2.08. The third-order valence-corrected chi connectivity index (χ3v) is 6.66.